The minimum absolute atomic E-state index is 0.0169. The van der Waals surface area contributed by atoms with Crippen molar-refractivity contribution in [1.29, 1.82) is 0 Å². The molecule has 0 saturated carbocycles. The van der Waals surface area contributed by atoms with Crippen LogP contribution in [0.15, 0.2) is 0 Å². The van der Waals surface area contributed by atoms with Crippen molar-refractivity contribution in [2.75, 3.05) is 0 Å². The van der Waals surface area contributed by atoms with Gasteiger partial charge in [0.15, 0.2) is 0 Å². The van der Waals surface area contributed by atoms with E-state index in [0.717, 1.165) is 12.8 Å². The Bertz CT molecular complexity index is 110. The fraction of sp³-hybridized carbons (Fsp3) is 0.889. The normalized spacial score (nSPS) is 11.2. The quantitative estimate of drug-likeness (QED) is 0.464. The molecule has 2 heteroatoms. The molecular weight excluding hydrogens is 138 g/mol. The van der Waals surface area contributed by atoms with Crippen LogP contribution in [0.2, 0.25) is 0 Å². The molecule has 2 nitrogen and oxygen atoms in total. The zero-order valence-electron chi connectivity index (χ0n) is 7.81. The molecule has 0 aromatic rings. The van der Waals surface area contributed by atoms with E-state index in [1.165, 1.54) is 19.3 Å². The third-order valence-electron chi connectivity index (χ3n) is 1.85. The smallest absolute Gasteiger partial charge is 0.207 e. The van der Waals surface area contributed by atoms with Gasteiger partial charge in [-0.25, -0.2) is 0 Å². The highest BCUT2D eigenvalue weighted by atomic mass is 16.1. The zero-order chi connectivity index (χ0) is 8.74. The van der Waals surface area contributed by atoms with Crippen molar-refractivity contribution in [2.24, 2.45) is 0 Å². The number of carbonyl (C=O) groups excluding carboxylic acids is 1. The fourth-order valence-corrected chi connectivity index (χ4v) is 1.05. The predicted molar refractivity (Wildman–Crippen MR) is 47.4 cm³/mol. The molecule has 0 atom stereocenters. The van der Waals surface area contributed by atoms with E-state index in [1.54, 1.807) is 0 Å². The molecule has 66 valence electrons. The largest absolute Gasteiger partial charge is 0.354 e. The van der Waals surface area contributed by atoms with Gasteiger partial charge in [0, 0.05) is 5.54 Å². The molecule has 0 aromatic heterocycles. The Morgan fingerprint density at radius 1 is 1.36 bits per heavy atom. The highest BCUT2D eigenvalue weighted by Crippen LogP contribution is 2.12. The highest BCUT2D eigenvalue weighted by molar-refractivity contribution is 5.47. The zero-order valence-corrected chi connectivity index (χ0v) is 7.81. The molecule has 0 aliphatic carbocycles. The third kappa shape index (κ3) is 5.89. The lowest BCUT2D eigenvalue weighted by Gasteiger charge is -2.23. The predicted octanol–water partition coefficient (Wildman–Crippen LogP) is 2.09. The monoisotopic (exact) mass is 157 g/mol. The Balaban J connectivity index is 3.45. The first kappa shape index (κ1) is 10.5. The van der Waals surface area contributed by atoms with Crippen molar-refractivity contribution < 1.29 is 4.79 Å². The number of nitrogens with one attached hydrogen (secondary N) is 1. The second-order valence-corrected chi connectivity index (χ2v) is 3.60. The number of hydrogen-bond acceptors (Lipinski definition) is 1. The molecule has 11 heavy (non-hydrogen) atoms. The standard InChI is InChI=1S/C9H19NO/c1-4-5-6-7-9(2,3)10-8-11/h8H,4-7H2,1-3H3,(H,10,11). The SMILES string of the molecule is CCCCCC(C)(C)NC=O. The van der Waals surface area contributed by atoms with E-state index >= 15 is 0 Å². The van der Waals surface area contributed by atoms with Crippen LogP contribution >= 0.6 is 0 Å². The van der Waals surface area contributed by atoms with Crippen LogP contribution in [0.1, 0.15) is 46.5 Å². The van der Waals surface area contributed by atoms with E-state index in [1.807, 2.05) is 0 Å². The lowest BCUT2D eigenvalue weighted by molar-refractivity contribution is -0.111. The maximum absolute atomic E-state index is 10.1. The van der Waals surface area contributed by atoms with Crippen LogP contribution in [0.3, 0.4) is 0 Å². The molecule has 0 fully saturated rings. The number of unbranched alkanes of at least 4 members (excludes halogenated alkanes) is 2. The number of hydrogen-bond donors (Lipinski definition) is 1. The summed E-state index contributed by atoms with van der Waals surface area (Å²) in [5.74, 6) is 0. The third-order valence-corrected chi connectivity index (χ3v) is 1.85. The molecule has 0 heterocycles. The van der Waals surface area contributed by atoms with Gasteiger partial charge >= 0.3 is 0 Å². The fourth-order valence-electron chi connectivity index (χ4n) is 1.05. The van der Waals surface area contributed by atoms with Crippen molar-refractivity contribution in [3.05, 3.63) is 0 Å². The highest BCUT2D eigenvalue weighted by Gasteiger charge is 2.14. The van der Waals surface area contributed by atoms with Crippen molar-refractivity contribution in [1.82, 2.24) is 5.32 Å². The van der Waals surface area contributed by atoms with Crippen molar-refractivity contribution in [3.63, 3.8) is 0 Å². The first-order valence-corrected chi connectivity index (χ1v) is 4.34. The van der Waals surface area contributed by atoms with Crippen LogP contribution in [0.25, 0.3) is 0 Å². The minimum Gasteiger partial charge on any atom is -0.354 e. The average molecular weight is 157 g/mol. The summed E-state index contributed by atoms with van der Waals surface area (Å²) < 4.78 is 0. The van der Waals surface area contributed by atoms with Gasteiger partial charge < -0.3 is 5.32 Å². The molecule has 0 aromatic carbocycles. The summed E-state index contributed by atoms with van der Waals surface area (Å²) >= 11 is 0. The van der Waals surface area contributed by atoms with Crippen LogP contribution in [-0.4, -0.2) is 11.9 Å². The van der Waals surface area contributed by atoms with E-state index in [2.05, 4.69) is 26.1 Å². The van der Waals surface area contributed by atoms with Gasteiger partial charge in [0.1, 0.15) is 0 Å². The molecule has 0 aliphatic rings. The Morgan fingerprint density at radius 3 is 2.45 bits per heavy atom. The van der Waals surface area contributed by atoms with E-state index in [9.17, 15) is 4.79 Å². The second kappa shape index (κ2) is 5.16. The van der Waals surface area contributed by atoms with Crippen molar-refractivity contribution in [3.8, 4) is 0 Å². The molecule has 0 saturated heterocycles. The lowest BCUT2D eigenvalue weighted by atomic mass is 9.97. The molecule has 1 amide bonds. The first-order chi connectivity index (χ1) is 5.12. The summed E-state index contributed by atoms with van der Waals surface area (Å²) in [5, 5.41) is 2.80. The Morgan fingerprint density at radius 2 is 2.00 bits per heavy atom. The van der Waals surface area contributed by atoms with Gasteiger partial charge in [-0.1, -0.05) is 26.2 Å². The van der Waals surface area contributed by atoms with Crippen LogP contribution in [0.4, 0.5) is 0 Å². The van der Waals surface area contributed by atoms with E-state index in [4.69, 9.17) is 0 Å². The maximum Gasteiger partial charge on any atom is 0.207 e. The summed E-state index contributed by atoms with van der Waals surface area (Å²) in [6.45, 7) is 6.29. The maximum atomic E-state index is 10.1. The molecule has 1 N–H and O–H groups in total. The van der Waals surface area contributed by atoms with Gasteiger partial charge in [-0.3, -0.25) is 4.79 Å². The second-order valence-electron chi connectivity index (χ2n) is 3.60. The van der Waals surface area contributed by atoms with Gasteiger partial charge in [0.25, 0.3) is 0 Å². The van der Waals surface area contributed by atoms with Crippen LogP contribution in [-0.2, 0) is 4.79 Å². The lowest BCUT2D eigenvalue weighted by Crippen LogP contribution is -2.37. The summed E-state index contributed by atoms with van der Waals surface area (Å²) in [7, 11) is 0. The Hall–Kier alpha value is -0.530. The summed E-state index contributed by atoms with van der Waals surface area (Å²) in [6, 6.07) is 0. The number of rotatable bonds is 6. The van der Waals surface area contributed by atoms with Gasteiger partial charge in [0.05, 0.1) is 0 Å². The van der Waals surface area contributed by atoms with Gasteiger partial charge in [-0.15, -0.1) is 0 Å². The molecule has 0 aliphatic heterocycles. The van der Waals surface area contributed by atoms with Crippen LogP contribution in [0, 0.1) is 0 Å². The van der Waals surface area contributed by atoms with Crippen molar-refractivity contribution in [2.45, 2.75) is 52.0 Å². The molecule has 0 bridgehead atoms. The number of carbonyl (C=O) groups is 1. The van der Waals surface area contributed by atoms with Gasteiger partial charge in [-0.2, -0.15) is 0 Å². The van der Waals surface area contributed by atoms with E-state index in [-0.39, 0.29) is 5.54 Å². The van der Waals surface area contributed by atoms with Gasteiger partial charge in [-0.05, 0) is 20.3 Å². The summed E-state index contributed by atoms with van der Waals surface area (Å²) in [4.78, 5) is 10.1. The topological polar surface area (TPSA) is 29.1 Å². The Labute approximate surface area is 69.4 Å². The molecular formula is C9H19NO. The molecule has 0 rings (SSSR count). The van der Waals surface area contributed by atoms with E-state index < -0.39 is 0 Å². The summed E-state index contributed by atoms with van der Waals surface area (Å²) in [5.41, 5.74) is -0.0169. The minimum atomic E-state index is -0.0169. The van der Waals surface area contributed by atoms with Crippen molar-refractivity contribution >= 4 is 6.41 Å². The molecule has 0 radical (unpaired) electrons. The molecule has 0 unspecified atom stereocenters. The van der Waals surface area contributed by atoms with E-state index in [0.29, 0.717) is 0 Å². The van der Waals surface area contributed by atoms with Gasteiger partial charge in [0.2, 0.25) is 6.41 Å². The van der Waals surface area contributed by atoms with Crippen LogP contribution in [0.5, 0.6) is 0 Å². The first-order valence-electron chi connectivity index (χ1n) is 4.34. The number of amides is 1. The average Bonchev–Trinajstić information content (AvgIpc) is 1.87. The Kier molecular flexibility index (Phi) is 4.92. The molecule has 0 spiro atoms. The summed E-state index contributed by atoms with van der Waals surface area (Å²) in [6.07, 6.45) is 5.54. The van der Waals surface area contributed by atoms with Crippen LogP contribution < -0.4 is 5.32 Å².